The summed E-state index contributed by atoms with van der Waals surface area (Å²) >= 11 is 5.96. The molecule has 0 aliphatic rings. The minimum atomic E-state index is -0.492. The van der Waals surface area contributed by atoms with Crippen molar-refractivity contribution >= 4 is 29.1 Å². The number of amides is 2. The van der Waals surface area contributed by atoms with E-state index in [1.807, 2.05) is 0 Å². The average molecular weight is 280 g/mol. The monoisotopic (exact) mass is 279 g/mol. The quantitative estimate of drug-likeness (QED) is 0.782. The van der Waals surface area contributed by atoms with E-state index in [0.717, 1.165) is 0 Å². The molecule has 0 aliphatic carbocycles. The molecule has 98 valence electrons. The molecule has 3 N–H and O–H groups in total. The number of anilines is 1. The van der Waals surface area contributed by atoms with Crippen LogP contribution < -0.4 is 10.6 Å². The summed E-state index contributed by atoms with van der Waals surface area (Å²) < 4.78 is 0. The molecule has 0 atom stereocenters. The molecule has 8 heteroatoms. The molecule has 1 aromatic heterocycles. The van der Waals surface area contributed by atoms with Gasteiger partial charge in [0.1, 0.15) is 6.33 Å². The highest BCUT2D eigenvalue weighted by Crippen LogP contribution is 2.23. The molecule has 0 spiro atoms. The Morgan fingerprint density at radius 2 is 2.11 bits per heavy atom. The molecule has 0 aliphatic heterocycles. The van der Waals surface area contributed by atoms with Crippen LogP contribution in [0.15, 0.2) is 24.5 Å². The fourth-order valence-electron chi connectivity index (χ4n) is 1.40. The van der Waals surface area contributed by atoms with E-state index >= 15 is 0 Å². The molecule has 2 aromatic rings. The number of H-pyrrole nitrogens is 1. The van der Waals surface area contributed by atoms with Crippen LogP contribution in [0, 0.1) is 0 Å². The third kappa shape index (κ3) is 2.89. The topological polar surface area (TPSA) is 99.8 Å². The second-order valence-corrected chi connectivity index (χ2v) is 3.97. The number of carbonyl (C=O) groups is 2. The van der Waals surface area contributed by atoms with Gasteiger partial charge in [-0.25, -0.2) is 4.98 Å². The number of aromatic amines is 1. The van der Waals surface area contributed by atoms with Crippen molar-refractivity contribution in [3.05, 3.63) is 40.9 Å². The molecule has 0 saturated heterocycles. The number of carbonyl (C=O) groups excluding carboxylic acids is 2. The van der Waals surface area contributed by atoms with Crippen LogP contribution in [-0.4, -0.2) is 34.0 Å². The van der Waals surface area contributed by atoms with Gasteiger partial charge < -0.3 is 10.6 Å². The van der Waals surface area contributed by atoms with E-state index in [-0.39, 0.29) is 11.7 Å². The van der Waals surface area contributed by atoms with E-state index in [2.05, 4.69) is 25.8 Å². The molecule has 0 radical (unpaired) electrons. The number of benzene rings is 1. The Hall–Kier alpha value is -2.41. The van der Waals surface area contributed by atoms with Crippen LogP contribution in [0.5, 0.6) is 0 Å². The fourth-order valence-corrected chi connectivity index (χ4v) is 1.57. The fraction of sp³-hybridized carbons (Fsp3) is 0.0909. The smallest absolute Gasteiger partial charge is 0.293 e. The van der Waals surface area contributed by atoms with Gasteiger partial charge in [0.2, 0.25) is 5.82 Å². The number of aromatic nitrogens is 3. The van der Waals surface area contributed by atoms with Crippen LogP contribution in [-0.2, 0) is 0 Å². The van der Waals surface area contributed by atoms with Gasteiger partial charge in [0, 0.05) is 12.6 Å². The number of nitrogens with one attached hydrogen (secondary N) is 3. The molecule has 1 heterocycles. The van der Waals surface area contributed by atoms with Crippen molar-refractivity contribution in [3.63, 3.8) is 0 Å². The predicted molar refractivity (Wildman–Crippen MR) is 69.2 cm³/mol. The van der Waals surface area contributed by atoms with Gasteiger partial charge in [-0.3, -0.25) is 14.7 Å². The number of hydrogen-bond acceptors (Lipinski definition) is 4. The first-order valence-corrected chi connectivity index (χ1v) is 5.68. The van der Waals surface area contributed by atoms with Gasteiger partial charge in [-0.15, -0.1) is 0 Å². The summed E-state index contributed by atoms with van der Waals surface area (Å²) in [6.45, 7) is 0. The second kappa shape index (κ2) is 5.49. The van der Waals surface area contributed by atoms with E-state index in [9.17, 15) is 9.59 Å². The second-order valence-electron chi connectivity index (χ2n) is 3.56. The van der Waals surface area contributed by atoms with Gasteiger partial charge in [0.15, 0.2) is 0 Å². The van der Waals surface area contributed by atoms with Crippen molar-refractivity contribution in [2.24, 2.45) is 0 Å². The maximum absolute atomic E-state index is 11.8. The highest BCUT2D eigenvalue weighted by molar-refractivity contribution is 6.34. The molecule has 0 bridgehead atoms. The molecule has 1 aromatic carbocycles. The normalized spacial score (nSPS) is 10.0. The summed E-state index contributed by atoms with van der Waals surface area (Å²) in [6.07, 6.45) is 1.22. The highest BCUT2D eigenvalue weighted by atomic mass is 35.5. The van der Waals surface area contributed by atoms with E-state index in [1.165, 1.54) is 25.5 Å². The first kappa shape index (κ1) is 13.0. The van der Waals surface area contributed by atoms with Crippen molar-refractivity contribution in [3.8, 4) is 0 Å². The van der Waals surface area contributed by atoms with Crippen molar-refractivity contribution < 1.29 is 9.59 Å². The molecule has 7 nitrogen and oxygen atoms in total. The molecule has 2 amide bonds. The predicted octanol–water partition coefficient (Wildman–Crippen LogP) is 1.07. The van der Waals surface area contributed by atoms with Gasteiger partial charge >= 0.3 is 0 Å². The van der Waals surface area contributed by atoms with Gasteiger partial charge in [-0.2, -0.15) is 5.10 Å². The lowest BCUT2D eigenvalue weighted by Gasteiger charge is -2.07. The lowest BCUT2D eigenvalue weighted by atomic mass is 10.2. The van der Waals surface area contributed by atoms with Gasteiger partial charge in [0.25, 0.3) is 11.8 Å². The molecule has 0 unspecified atom stereocenters. The van der Waals surface area contributed by atoms with E-state index < -0.39 is 5.91 Å². The Labute approximate surface area is 113 Å². The maximum atomic E-state index is 11.8. The summed E-state index contributed by atoms with van der Waals surface area (Å²) in [4.78, 5) is 27.0. The minimum absolute atomic E-state index is 0.0569. The van der Waals surface area contributed by atoms with Gasteiger partial charge in [-0.1, -0.05) is 11.6 Å². The summed E-state index contributed by atoms with van der Waals surface area (Å²) in [7, 11) is 1.52. The first-order valence-electron chi connectivity index (χ1n) is 5.30. The van der Waals surface area contributed by atoms with Crippen molar-refractivity contribution in [1.82, 2.24) is 20.5 Å². The van der Waals surface area contributed by atoms with Crippen LogP contribution >= 0.6 is 11.6 Å². The Morgan fingerprint density at radius 3 is 2.74 bits per heavy atom. The van der Waals surface area contributed by atoms with Crippen LogP contribution in [0.25, 0.3) is 0 Å². The lowest BCUT2D eigenvalue weighted by molar-refractivity contribution is 0.0961. The third-order valence-corrected chi connectivity index (χ3v) is 2.66. The number of hydrogen-bond donors (Lipinski definition) is 3. The number of halogens is 1. The molecular weight excluding hydrogens is 270 g/mol. The van der Waals surface area contributed by atoms with Gasteiger partial charge in [-0.05, 0) is 18.2 Å². The van der Waals surface area contributed by atoms with Crippen LogP contribution in [0.2, 0.25) is 5.02 Å². The summed E-state index contributed by atoms with van der Waals surface area (Å²) in [5.41, 5.74) is 0.712. The highest BCUT2D eigenvalue weighted by Gasteiger charge is 2.13. The number of rotatable bonds is 3. The average Bonchev–Trinajstić information content (AvgIpc) is 2.94. The Balaban J connectivity index is 2.24. The molecular formula is C11H10ClN5O2. The first-order chi connectivity index (χ1) is 9.11. The molecule has 0 fully saturated rings. The molecule has 2 rings (SSSR count). The van der Waals surface area contributed by atoms with Crippen molar-refractivity contribution in [1.29, 1.82) is 0 Å². The van der Waals surface area contributed by atoms with Crippen molar-refractivity contribution in [2.45, 2.75) is 0 Å². The van der Waals surface area contributed by atoms with Crippen LogP contribution in [0.4, 0.5) is 5.69 Å². The zero-order valence-electron chi connectivity index (χ0n) is 9.90. The Kier molecular flexibility index (Phi) is 3.76. The van der Waals surface area contributed by atoms with Gasteiger partial charge in [0.05, 0.1) is 10.7 Å². The molecule has 19 heavy (non-hydrogen) atoms. The summed E-state index contributed by atoms with van der Waals surface area (Å²) in [6, 6.07) is 4.57. The van der Waals surface area contributed by atoms with E-state index in [0.29, 0.717) is 16.3 Å². The zero-order valence-corrected chi connectivity index (χ0v) is 10.7. The number of nitrogens with zero attached hydrogens (tertiary/aromatic N) is 2. The zero-order chi connectivity index (χ0) is 13.8. The Morgan fingerprint density at radius 1 is 1.32 bits per heavy atom. The third-order valence-electron chi connectivity index (χ3n) is 2.33. The van der Waals surface area contributed by atoms with Crippen LogP contribution in [0.3, 0.4) is 0 Å². The SMILES string of the molecule is CNC(=O)c1ccc(Cl)c(NC(=O)c2ncn[nH]2)c1. The van der Waals surface area contributed by atoms with Crippen molar-refractivity contribution in [2.75, 3.05) is 12.4 Å². The molecule has 0 saturated carbocycles. The lowest BCUT2D eigenvalue weighted by Crippen LogP contribution is -2.19. The standard InChI is InChI=1S/C11H10ClN5O2/c1-13-10(18)6-2-3-7(12)8(4-6)16-11(19)9-14-5-15-17-9/h2-5H,1H3,(H,13,18)(H,16,19)(H,14,15,17). The maximum Gasteiger partial charge on any atom is 0.293 e. The Bertz CT molecular complexity index is 612. The minimum Gasteiger partial charge on any atom is -0.355 e. The summed E-state index contributed by atoms with van der Waals surface area (Å²) in [5, 5.41) is 11.4. The largest absolute Gasteiger partial charge is 0.355 e. The summed E-state index contributed by atoms with van der Waals surface area (Å²) in [5.74, 6) is -0.707. The van der Waals surface area contributed by atoms with E-state index in [1.54, 1.807) is 6.07 Å². The van der Waals surface area contributed by atoms with Crippen LogP contribution in [0.1, 0.15) is 21.0 Å². The van der Waals surface area contributed by atoms with E-state index in [4.69, 9.17) is 11.6 Å².